The van der Waals surface area contributed by atoms with Gasteiger partial charge in [0.1, 0.15) is 18.2 Å². The molecule has 0 atom stereocenters. The summed E-state index contributed by atoms with van der Waals surface area (Å²) < 4.78 is 31.0. The van der Waals surface area contributed by atoms with Gasteiger partial charge in [-0.3, -0.25) is 0 Å². The highest BCUT2D eigenvalue weighted by Crippen LogP contribution is 2.13. The van der Waals surface area contributed by atoms with Gasteiger partial charge in [-0.15, -0.1) is 0 Å². The maximum atomic E-state index is 13.3. The van der Waals surface area contributed by atoms with Gasteiger partial charge in [0.05, 0.1) is 0 Å². The normalized spacial score (nSPS) is 15.6. The lowest BCUT2D eigenvalue weighted by molar-refractivity contribution is 0.0886. The average Bonchev–Trinajstić information content (AvgIpc) is 2.38. The summed E-state index contributed by atoms with van der Waals surface area (Å²) in [5.74, 6) is -1.33. The molecular formula is C13H15F2NO2. The Balaban J connectivity index is 1.88. The first-order valence-corrected chi connectivity index (χ1v) is 6.02. The largest absolute Gasteiger partial charge is 0.444 e. The van der Waals surface area contributed by atoms with Crippen LogP contribution in [-0.4, -0.2) is 24.1 Å². The molecule has 0 aromatic heterocycles. The molecule has 1 aliphatic heterocycles. The molecule has 0 aliphatic carbocycles. The number of nitrogens with zero attached hydrogens (tertiary/aromatic N) is 1. The molecule has 0 radical (unpaired) electrons. The van der Waals surface area contributed by atoms with Crippen molar-refractivity contribution in [3.8, 4) is 0 Å². The van der Waals surface area contributed by atoms with Crippen LogP contribution in [0.3, 0.4) is 0 Å². The standard InChI is InChI=1S/C13H15F2NO2/c14-11-5-4-10(12(15)8-11)9-18-13(17)16-6-2-1-3-7-16/h4-5,8H,1-3,6-7,9H2. The molecule has 18 heavy (non-hydrogen) atoms. The van der Waals surface area contributed by atoms with Crippen LogP contribution in [-0.2, 0) is 11.3 Å². The van der Waals surface area contributed by atoms with Crippen molar-refractivity contribution in [1.29, 1.82) is 0 Å². The number of carbonyl (C=O) groups excluding carboxylic acids is 1. The number of piperidine rings is 1. The fourth-order valence-corrected chi connectivity index (χ4v) is 1.95. The van der Waals surface area contributed by atoms with Gasteiger partial charge in [-0.05, 0) is 31.4 Å². The first-order valence-electron chi connectivity index (χ1n) is 6.02. The Kier molecular flexibility index (Phi) is 4.12. The molecule has 1 aromatic rings. The molecule has 0 saturated carbocycles. The second kappa shape index (κ2) is 5.80. The van der Waals surface area contributed by atoms with Gasteiger partial charge >= 0.3 is 6.09 Å². The third-order valence-corrected chi connectivity index (χ3v) is 2.98. The van der Waals surface area contributed by atoms with Crippen LogP contribution in [0, 0.1) is 11.6 Å². The van der Waals surface area contributed by atoms with Gasteiger partial charge in [0.25, 0.3) is 0 Å². The van der Waals surface area contributed by atoms with Crippen LogP contribution in [0.4, 0.5) is 13.6 Å². The zero-order valence-electron chi connectivity index (χ0n) is 9.99. The molecule has 3 nitrogen and oxygen atoms in total. The van der Waals surface area contributed by atoms with Crippen LogP contribution in [0.25, 0.3) is 0 Å². The first kappa shape index (κ1) is 12.8. The van der Waals surface area contributed by atoms with Gasteiger partial charge < -0.3 is 9.64 Å². The lowest BCUT2D eigenvalue weighted by atomic mass is 10.1. The quantitative estimate of drug-likeness (QED) is 0.812. The van der Waals surface area contributed by atoms with Crippen molar-refractivity contribution in [1.82, 2.24) is 4.90 Å². The minimum absolute atomic E-state index is 0.165. The van der Waals surface area contributed by atoms with Crippen molar-refractivity contribution >= 4 is 6.09 Å². The molecule has 5 heteroatoms. The minimum Gasteiger partial charge on any atom is -0.444 e. The molecule has 1 saturated heterocycles. The Bertz CT molecular complexity index is 431. The Morgan fingerprint density at radius 1 is 1.22 bits per heavy atom. The molecule has 0 N–H and O–H groups in total. The van der Waals surface area contributed by atoms with Crippen molar-refractivity contribution < 1.29 is 18.3 Å². The number of benzene rings is 1. The summed E-state index contributed by atoms with van der Waals surface area (Å²) in [7, 11) is 0. The third-order valence-electron chi connectivity index (χ3n) is 2.98. The van der Waals surface area contributed by atoms with E-state index in [2.05, 4.69) is 0 Å². The summed E-state index contributed by atoms with van der Waals surface area (Å²) in [6, 6.07) is 3.21. The van der Waals surface area contributed by atoms with Gasteiger partial charge in [-0.1, -0.05) is 0 Å². The van der Waals surface area contributed by atoms with Crippen LogP contribution in [0.15, 0.2) is 18.2 Å². The summed E-state index contributed by atoms with van der Waals surface area (Å²) in [4.78, 5) is 13.3. The van der Waals surface area contributed by atoms with Crippen LogP contribution in [0.5, 0.6) is 0 Å². The summed E-state index contributed by atoms with van der Waals surface area (Å²) in [5.41, 5.74) is 0.182. The van der Waals surface area contributed by atoms with E-state index in [0.29, 0.717) is 13.1 Å². The predicted molar refractivity (Wildman–Crippen MR) is 62.0 cm³/mol. The highest BCUT2D eigenvalue weighted by molar-refractivity contribution is 5.67. The zero-order chi connectivity index (χ0) is 13.0. The lowest BCUT2D eigenvalue weighted by Gasteiger charge is -2.25. The number of halogens is 2. The molecule has 98 valence electrons. The second-order valence-corrected chi connectivity index (χ2v) is 4.34. The predicted octanol–water partition coefficient (Wildman–Crippen LogP) is 3.09. The van der Waals surface area contributed by atoms with Crippen molar-refractivity contribution in [2.45, 2.75) is 25.9 Å². The van der Waals surface area contributed by atoms with E-state index in [1.807, 2.05) is 0 Å². The summed E-state index contributed by atoms with van der Waals surface area (Å²) >= 11 is 0. The lowest BCUT2D eigenvalue weighted by Crippen LogP contribution is -2.35. The summed E-state index contributed by atoms with van der Waals surface area (Å²) in [5, 5.41) is 0. The molecule has 1 aromatic carbocycles. The van der Waals surface area contributed by atoms with Gasteiger partial charge in [0.2, 0.25) is 0 Å². The van der Waals surface area contributed by atoms with Crippen LogP contribution < -0.4 is 0 Å². The first-order chi connectivity index (χ1) is 8.66. The van der Waals surface area contributed by atoms with Gasteiger partial charge in [0.15, 0.2) is 0 Å². The van der Waals surface area contributed by atoms with E-state index in [1.54, 1.807) is 4.90 Å². The minimum atomic E-state index is -0.693. The number of hydrogen-bond acceptors (Lipinski definition) is 2. The Morgan fingerprint density at radius 2 is 1.94 bits per heavy atom. The van der Waals surface area contributed by atoms with Gasteiger partial charge in [0, 0.05) is 24.7 Å². The number of amides is 1. The molecule has 0 spiro atoms. The average molecular weight is 255 g/mol. The van der Waals surface area contributed by atoms with Crippen molar-refractivity contribution in [3.05, 3.63) is 35.4 Å². The number of carbonyl (C=O) groups is 1. The van der Waals surface area contributed by atoms with Gasteiger partial charge in [-0.25, -0.2) is 13.6 Å². The van der Waals surface area contributed by atoms with Gasteiger partial charge in [-0.2, -0.15) is 0 Å². The van der Waals surface area contributed by atoms with E-state index < -0.39 is 17.7 Å². The van der Waals surface area contributed by atoms with E-state index >= 15 is 0 Å². The molecular weight excluding hydrogens is 240 g/mol. The fourth-order valence-electron chi connectivity index (χ4n) is 1.95. The summed E-state index contributed by atoms with van der Waals surface area (Å²) in [6.45, 7) is 1.21. The zero-order valence-corrected chi connectivity index (χ0v) is 9.99. The molecule has 1 amide bonds. The fraction of sp³-hybridized carbons (Fsp3) is 0.462. The number of rotatable bonds is 2. The molecule has 0 unspecified atom stereocenters. The van der Waals surface area contributed by atoms with Crippen molar-refractivity contribution in [3.63, 3.8) is 0 Å². The smallest absolute Gasteiger partial charge is 0.410 e. The van der Waals surface area contributed by atoms with Crippen molar-refractivity contribution in [2.24, 2.45) is 0 Å². The van der Waals surface area contributed by atoms with Crippen LogP contribution >= 0.6 is 0 Å². The topological polar surface area (TPSA) is 29.5 Å². The number of hydrogen-bond donors (Lipinski definition) is 0. The number of ether oxygens (including phenoxy) is 1. The maximum absolute atomic E-state index is 13.3. The summed E-state index contributed by atoms with van der Waals surface area (Å²) in [6.07, 6.45) is 2.63. The molecule has 0 bridgehead atoms. The van der Waals surface area contributed by atoms with E-state index in [4.69, 9.17) is 4.74 Å². The highest BCUT2D eigenvalue weighted by Gasteiger charge is 2.18. The van der Waals surface area contributed by atoms with Crippen LogP contribution in [0.2, 0.25) is 0 Å². The Morgan fingerprint density at radius 3 is 2.61 bits per heavy atom. The number of likely N-dealkylation sites (tertiary alicyclic amines) is 1. The van der Waals surface area contributed by atoms with Crippen LogP contribution in [0.1, 0.15) is 24.8 Å². The maximum Gasteiger partial charge on any atom is 0.410 e. The Hall–Kier alpha value is -1.65. The molecule has 1 aliphatic rings. The second-order valence-electron chi connectivity index (χ2n) is 4.34. The van der Waals surface area contributed by atoms with Crippen molar-refractivity contribution in [2.75, 3.05) is 13.1 Å². The molecule has 1 fully saturated rings. The third kappa shape index (κ3) is 3.18. The monoisotopic (exact) mass is 255 g/mol. The SMILES string of the molecule is O=C(OCc1ccc(F)cc1F)N1CCCCC1. The molecule has 1 heterocycles. The van der Waals surface area contributed by atoms with E-state index in [9.17, 15) is 13.6 Å². The van der Waals surface area contributed by atoms with E-state index in [0.717, 1.165) is 31.4 Å². The molecule has 2 rings (SSSR count). The van der Waals surface area contributed by atoms with E-state index in [-0.39, 0.29) is 12.2 Å². The Labute approximate surface area is 104 Å². The van der Waals surface area contributed by atoms with E-state index in [1.165, 1.54) is 6.07 Å². The highest BCUT2D eigenvalue weighted by atomic mass is 19.1.